The Morgan fingerprint density at radius 1 is 1.02 bits per heavy atom. The first-order valence-corrected chi connectivity index (χ1v) is 15.3. The smallest absolute Gasteiger partial charge is 0.338 e. The number of nitrogens with zero attached hydrogens (tertiary/aromatic N) is 4. The van der Waals surface area contributed by atoms with Crippen molar-refractivity contribution in [2.24, 2.45) is 4.99 Å². The van der Waals surface area contributed by atoms with Crippen molar-refractivity contribution in [1.82, 2.24) is 14.3 Å². The van der Waals surface area contributed by atoms with Gasteiger partial charge in [0.1, 0.15) is 17.5 Å². The fourth-order valence-electron chi connectivity index (χ4n) is 4.95. The zero-order chi connectivity index (χ0) is 29.2. The number of fused-ring (bicyclic) bond motifs is 1. The van der Waals surface area contributed by atoms with Crippen LogP contribution in [0, 0.1) is 0 Å². The predicted octanol–water partition coefficient (Wildman–Crippen LogP) is 5.11. The maximum atomic E-state index is 14.1. The molecular weight excluding hydrogens is 569 g/mol. The van der Waals surface area contributed by atoms with Crippen LogP contribution in [0.5, 0.6) is 5.75 Å². The molecule has 1 aliphatic rings. The molecule has 2 aromatic carbocycles. The number of carbonyl (C=O) groups excluding carboxylic acids is 1. The van der Waals surface area contributed by atoms with Gasteiger partial charge < -0.3 is 9.47 Å². The molecule has 0 radical (unpaired) electrons. The van der Waals surface area contributed by atoms with E-state index in [-0.39, 0.29) is 12.2 Å². The van der Waals surface area contributed by atoms with Gasteiger partial charge in [-0.25, -0.2) is 14.5 Å². The first kappa shape index (κ1) is 27.6. The van der Waals surface area contributed by atoms with E-state index in [1.54, 1.807) is 18.4 Å². The molecule has 42 heavy (non-hydrogen) atoms. The monoisotopic (exact) mass is 596 g/mol. The van der Waals surface area contributed by atoms with Crippen molar-refractivity contribution in [3.63, 3.8) is 0 Å². The standard InChI is InChI=1S/C32H28N4O4S2/c1-4-39-24-15-13-21(14-16-24)28-22(19-35(34-28)23-10-7-6-8-11-23)18-26-30(37)36-29(25-12-9-17-41-25)27(31(38)40-5-2)20(3)33-32(36)42-26/h6-19,29H,4-5H2,1-3H3/b26-18-/t29-/m1/s1. The molecule has 1 aliphatic heterocycles. The minimum atomic E-state index is -0.611. The largest absolute Gasteiger partial charge is 0.494 e. The van der Waals surface area contributed by atoms with Crippen molar-refractivity contribution in [1.29, 1.82) is 0 Å². The van der Waals surface area contributed by atoms with Crippen molar-refractivity contribution in [3.05, 3.63) is 120 Å². The lowest BCUT2D eigenvalue weighted by atomic mass is 10.0. The SMILES string of the molecule is CCOC(=O)C1=C(C)N=c2s/c(=C\c3cn(-c4ccccc4)nc3-c3ccc(OCC)cc3)c(=O)n2[C@@H]1c1cccs1. The zero-order valence-corrected chi connectivity index (χ0v) is 24.9. The number of aromatic nitrogens is 3. The molecule has 0 spiro atoms. The fraction of sp³-hybridized carbons (Fsp3) is 0.188. The molecule has 0 aliphatic carbocycles. The topological polar surface area (TPSA) is 87.7 Å². The van der Waals surface area contributed by atoms with Crippen LogP contribution in [0.25, 0.3) is 23.0 Å². The van der Waals surface area contributed by atoms with E-state index in [9.17, 15) is 9.59 Å². The molecule has 4 heterocycles. The van der Waals surface area contributed by atoms with Crippen LogP contribution in [0.1, 0.15) is 37.3 Å². The van der Waals surface area contributed by atoms with E-state index in [0.29, 0.717) is 27.2 Å². The van der Waals surface area contributed by atoms with Crippen LogP contribution in [0.3, 0.4) is 0 Å². The van der Waals surface area contributed by atoms with E-state index in [4.69, 9.17) is 14.6 Å². The maximum absolute atomic E-state index is 14.1. The maximum Gasteiger partial charge on any atom is 0.338 e. The first-order chi connectivity index (χ1) is 20.5. The summed E-state index contributed by atoms with van der Waals surface area (Å²) in [7, 11) is 0. The van der Waals surface area contributed by atoms with Gasteiger partial charge in [-0.15, -0.1) is 11.3 Å². The van der Waals surface area contributed by atoms with Crippen molar-refractivity contribution in [2.45, 2.75) is 26.8 Å². The normalized spacial score (nSPS) is 14.9. The number of esters is 1. The van der Waals surface area contributed by atoms with Gasteiger partial charge in [0, 0.05) is 22.2 Å². The Balaban J connectivity index is 1.52. The highest BCUT2D eigenvalue weighted by atomic mass is 32.1. The molecule has 0 unspecified atom stereocenters. The van der Waals surface area contributed by atoms with Crippen molar-refractivity contribution in [2.75, 3.05) is 13.2 Å². The van der Waals surface area contributed by atoms with Gasteiger partial charge in [-0.1, -0.05) is 35.6 Å². The molecule has 0 saturated heterocycles. The van der Waals surface area contributed by atoms with Gasteiger partial charge in [0.25, 0.3) is 5.56 Å². The van der Waals surface area contributed by atoms with Crippen LogP contribution < -0.4 is 19.6 Å². The Hall–Kier alpha value is -4.54. The second-order valence-electron chi connectivity index (χ2n) is 9.49. The van der Waals surface area contributed by atoms with E-state index in [1.807, 2.05) is 96.0 Å². The van der Waals surface area contributed by atoms with Crippen molar-refractivity contribution >= 4 is 34.7 Å². The highest BCUT2D eigenvalue weighted by molar-refractivity contribution is 7.10. The second-order valence-corrected chi connectivity index (χ2v) is 11.5. The Morgan fingerprint density at radius 3 is 2.50 bits per heavy atom. The molecule has 0 saturated carbocycles. The predicted molar refractivity (Wildman–Crippen MR) is 165 cm³/mol. The first-order valence-electron chi connectivity index (χ1n) is 13.6. The van der Waals surface area contributed by atoms with Gasteiger partial charge in [-0.2, -0.15) is 5.10 Å². The molecule has 0 fully saturated rings. The zero-order valence-electron chi connectivity index (χ0n) is 23.3. The molecule has 3 aromatic heterocycles. The molecule has 0 amide bonds. The third kappa shape index (κ3) is 5.15. The third-order valence-electron chi connectivity index (χ3n) is 6.82. The molecule has 6 rings (SSSR count). The number of carbonyl (C=O) groups is 1. The number of thiophene rings is 1. The van der Waals surface area contributed by atoms with Crippen LogP contribution in [-0.2, 0) is 9.53 Å². The number of benzene rings is 2. The highest BCUT2D eigenvalue weighted by Crippen LogP contribution is 2.33. The van der Waals surface area contributed by atoms with E-state index in [1.165, 1.54) is 22.7 Å². The quantitative estimate of drug-likeness (QED) is 0.232. The van der Waals surface area contributed by atoms with E-state index in [2.05, 4.69) is 4.99 Å². The number of para-hydroxylation sites is 1. The van der Waals surface area contributed by atoms with Gasteiger partial charge in [0.05, 0.1) is 34.7 Å². The number of allylic oxidation sites excluding steroid dienone is 1. The van der Waals surface area contributed by atoms with Gasteiger partial charge in [0.15, 0.2) is 4.80 Å². The van der Waals surface area contributed by atoms with Crippen LogP contribution >= 0.6 is 22.7 Å². The van der Waals surface area contributed by atoms with Crippen LogP contribution in [0.4, 0.5) is 0 Å². The number of rotatable bonds is 8. The van der Waals surface area contributed by atoms with Gasteiger partial charge in [-0.3, -0.25) is 9.36 Å². The lowest BCUT2D eigenvalue weighted by molar-refractivity contribution is -0.139. The molecule has 1 atom stereocenters. The molecule has 8 nitrogen and oxygen atoms in total. The molecule has 0 N–H and O–H groups in total. The van der Waals surface area contributed by atoms with Crippen LogP contribution in [0.2, 0.25) is 0 Å². The molecule has 0 bridgehead atoms. The summed E-state index contributed by atoms with van der Waals surface area (Å²) in [6.45, 7) is 6.32. The third-order valence-corrected chi connectivity index (χ3v) is 8.73. The second kappa shape index (κ2) is 11.8. The number of hydrogen-bond acceptors (Lipinski definition) is 8. The van der Waals surface area contributed by atoms with Crippen LogP contribution in [-0.4, -0.2) is 33.5 Å². The summed E-state index contributed by atoms with van der Waals surface area (Å²) in [5.41, 5.74) is 4.00. The Morgan fingerprint density at radius 2 is 1.81 bits per heavy atom. The van der Waals surface area contributed by atoms with E-state index in [0.717, 1.165) is 33.1 Å². The number of hydrogen-bond donors (Lipinski definition) is 0. The molecule has 212 valence electrons. The van der Waals surface area contributed by atoms with E-state index < -0.39 is 12.0 Å². The molecule has 5 aromatic rings. The average Bonchev–Trinajstić information content (AvgIpc) is 3.74. The van der Waals surface area contributed by atoms with Crippen molar-refractivity contribution < 1.29 is 14.3 Å². The lowest BCUT2D eigenvalue weighted by Gasteiger charge is -2.23. The van der Waals surface area contributed by atoms with Crippen molar-refractivity contribution in [3.8, 4) is 22.7 Å². The Bertz CT molecular complexity index is 1950. The van der Waals surface area contributed by atoms with Gasteiger partial charge >= 0.3 is 5.97 Å². The molecular formula is C32H28N4O4S2. The Labute approximate surface area is 250 Å². The van der Waals surface area contributed by atoms with E-state index >= 15 is 0 Å². The average molecular weight is 597 g/mol. The fourth-order valence-corrected chi connectivity index (χ4v) is 6.82. The van der Waals surface area contributed by atoms with Gasteiger partial charge in [0.2, 0.25) is 0 Å². The minimum Gasteiger partial charge on any atom is -0.494 e. The summed E-state index contributed by atoms with van der Waals surface area (Å²) in [6.07, 6.45) is 3.78. The van der Waals surface area contributed by atoms with Crippen LogP contribution in [0.15, 0.2) is 99.4 Å². The summed E-state index contributed by atoms with van der Waals surface area (Å²) < 4.78 is 14.9. The summed E-state index contributed by atoms with van der Waals surface area (Å²) in [5, 5.41) is 6.84. The number of ether oxygens (including phenoxy) is 2. The highest BCUT2D eigenvalue weighted by Gasteiger charge is 2.34. The molecule has 10 heteroatoms. The summed E-state index contributed by atoms with van der Waals surface area (Å²) in [6, 6.07) is 20.8. The summed E-state index contributed by atoms with van der Waals surface area (Å²) >= 11 is 2.79. The lowest BCUT2D eigenvalue weighted by Crippen LogP contribution is -2.39. The Kier molecular flexibility index (Phi) is 7.73. The minimum absolute atomic E-state index is 0.225. The summed E-state index contributed by atoms with van der Waals surface area (Å²) in [4.78, 5) is 33.2. The van der Waals surface area contributed by atoms with Gasteiger partial charge in [-0.05, 0) is 74.7 Å². The summed E-state index contributed by atoms with van der Waals surface area (Å²) in [5.74, 6) is 0.313. The number of thiazole rings is 1.